The number of halogens is 1. The van der Waals surface area contributed by atoms with Gasteiger partial charge in [0.1, 0.15) is 23.8 Å². The van der Waals surface area contributed by atoms with Crippen LogP contribution in [0.4, 0.5) is 9.18 Å². The number of benzene rings is 2. The summed E-state index contributed by atoms with van der Waals surface area (Å²) in [6.07, 6.45) is 0.670. The molecule has 6 heteroatoms. The van der Waals surface area contributed by atoms with Gasteiger partial charge in [0.05, 0.1) is 12.1 Å². The molecular formula is C25H30FNO4. The first kappa shape index (κ1) is 22.9. The van der Waals surface area contributed by atoms with E-state index in [9.17, 15) is 14.0 Å². The van der Waals surface area contributed by atoms with Crippen LogP contribution in [-0.4, -0.2) is 36.2 Å². The summed E-state index contributed by atoms with van der Waals surface area (Å²) in [5.41, 5.74) is 0.965. The molecule has 0 bridgehead atoms. The average molecular weight is 428 g/mol. The van der Waals surface area contributed by atoms with E-state index >= 15 is 0 Å². The zero-order valence-corrected chi connectivity index (χ0v) is 18.2. The summed E-state index contributed by atoms with van der Waals surface area (Å²) in [6, 6.07) is 15.9. The van der Waals surface area contributed by atoms with E-state index in [1.165, 1.54) is 6.07 Å². The zero-order valence-electron chi connectivity index (χ0n) is 18.2. The number of hydrogen-bond acceptors (Lipinski definition) is 4. The molecule has 0 spiro atoms. The molecule has 1 amide bonds. The van der Waals surface area contributed by atoms with Crippen LogP contribution < -0.4 is 5.32 Å². The Bertz CT molecular complexity index is 881. The van der Waals surface area contributed by atoms with Gasteiger partial charge in [-0.2, -0.15) is 0 Å². The number of rotatable bonds is 7. The van der Waals surface area contributed by atoms with Crippen molar-refractivity contribution < 1.29 is 23.5 Å². The van der Waals surface area contributed by atoms with E-state index in [-0.39, 0.29) is 23.9 Å². The lowest BCUT2D eigenvalue weighted by Crippen LogP contribution is -2.46. The molecule has 3 unspecified atom stereocenters. The molecule has 166 valence electrons. The average Bonchev–Trinajstić information content (AvgIpc) is 3.11. The Morgan fingerprint density at radius 3 is 2.52 bits per heavy atom. The first-order chi connectivity index (χ1) is 14.7. The minimum Gasteiger partial charge on any atom is -0.444 e. The molecule has 4 atom stereocenters. The molecule has 31 heavy (non-hydrogen) atoms. The molecule has 2 aromatic rings. The van der Waals surface area contributed by atoms with Crippen LogP contribution in [0.1, 0.15) is 38.3 Å². The highest BCUT2D eigenvalue weighted by Gasteiger charge is 2.40. The van der Waals surface area contributed by atoms with Crippen molar-refractivity contribution in [2.24, 2.45) is 5.92 Å². The van der Waals surface area contributed by atoms with Gasteiger partial charge in [-0.05, 0) is 63.1 Å². The third kappa shape index (κ3) is 6.62. The highest BCUT2D eigenvalue weighted by molar-refractivity contribution is 5.68. The van der Waals surface area contributed by atoms with Crippen molar-refractivity contribution in [3.63, 3.8) is 0 Å². The summed E-state index contributed by atoms with van der Waals surface area (Å²) in [5, 5.41) is 2.93. The maximum Gasteiger partial charge on any atom is 0.407 e. The van der Waals surface area contributed by atoms with E-state index in [1.54, 1.807) is 39.0 Å². The van der Waals surface area contributed by atoms with Gasteiger partial charge in [0.25, 0.3) is 0 Å². The van der Waals surface area contributed by atoms with Crippen LogP contribution in [-0.2, 0) is 27.1 Å². The van der Waals surface area contributed by atoms with Gasteiger partial charge in [-0.25, -0.2) is 9.18 Å². The van der Waals surface area contributed by atoms with E-state index in [0.717, 1.165) is 11.8 Å². The smallest absolute Gasteiger partial charge is 0.407 e. The number of hydrogen-bond donors (Lipinski definition) is 1. The van der Waals surface area contributed by atoms with Gasteiger partial charge in [0.15, 0.2) is 0 Å². The summed E-state index contributed by atoms with van der Waals surface area (Å²) in [4.78, 5) is 24.2. The number of alkyl carbamates (subject to hydrolysis) is 1. The molecule has 1 fully saturated rings. The van der Waals surface area contributed by atoms with Gasteiger partial charge in [-0.3, -0.25) is 0 Å². The molecule has 0 aliphatic carbocycles. The highest BCUT2D eigenvalue weighted by Crippen LogP contribution is 2.32. The molecule has 0 radical (unpaired) electrons. The van der Waals surface area contributed by atoms with Gasteiger partial charge < -0.3 is 19.6 Å². The predicted octanol–water partition coefficient (Wildman–Crippen LogP) is 4.48. The number of carbonyl (C=O) groups excluding carboxylic acids is 2. The largest absolute Gasteiger partial charge is 0.444 e. The Hall–Kier alpha value is -2.73. The molecule has 1 N–H and O–H groups in total. The van der Waals surface area contributed by atoms with E-state index in [0.29, 0.717) is 24.8 Å². The minimum absolute atomic E-state index is 0.168. The Morgan fingerprint density at radius 1 is 1.19 bits per heavy atom. The topological polar surface area (TPSA) is 64.6 Å². The van der Waals surface area contributed by atoms with Crippen molar-refractivity contribution in [3.8, 4) is 0 Å². The van der Waals surface area contributed by atoms with E-state index < -0.39 is 17.8 Å². The standard InChI is InChI=1S/C25H30FNO4/c1-25(2,3)31-24(29)27-21(13-17-9-5-4-6-10-17)22-15-19(23(16-28)30-22)14-18-11-7-8-12-20(18)26/h4-12,16,19,21-23H,13-15H2,1-3H3,(H,27,29)/t19?,21-,22?,23?/m0/s1. The van der Waals surface area contributed by atoms with Gasteiger partial charge in [-0.15, -0.1) is 0 Å². The maximum absolute atomic E-state index is 14.1. The first-order valence-electron chi connectivity index (χ1n) is 10.6. The molecule has 1 aliphatic heterocycles. The van der Waals surface area contributed by atoms with Gasteiger partial charge >= 0.3 is 6.09 Å². The lowest BCUT2D eigenvalue weighted by atomic mass is 9.89. The summed E-state index contributed by atoms with van der Waals surface area (Å²) < 4.78 is 25.6. The van der Waals surface area contributed by atoms with Gasteiger partial charge in [-0.1, -0.05) is 48.5 Å². The van der Waals surface area contributed by atoms with E-state index in [2.05, 4.69) is 5.32 Å². The molecule has 5 nitrogen and oxygen atoms in total. The zero-order chi connectivity index (χ0) is 22.4. The minimum atomic E-state index is -0.650. The predicted molar refractivity (Wildman–Crippen MR) is 116 cm³/mol. The Morgan fingerprint density at radius 2 is 1.87 bits per heavy atom. The Labute approximate surface area is 182 Å². The number of amides is 1. The van der Waals surface area contributed by atoms with Crippen molar-refractivity contribution in [1.29, 1.82) is 0 Å². The summed E-state index contributed by atoms with van der Waals surface area (Å²) in [6.45, 7) is 5.41. The maximum atomic E-state index is 14.1. The quantitative estimate of drug-likeness (QED) is 0.662. The second-order valence-electron chi connectivity index (χ2n) is 9.01. The van der Waals surface area contributed by atoms with Crippen LogP contribution in [0.15, 0.2) is 54.6 Å². The fraction of sp³-hybridized carbons (Fsp3) is 0.440. The first-order valence-corrected chi connectivity index (χ1v) is 10.6. The lowest BCUT2D eigenvalue weighted by molar-refractivity contribution is -0.119. The number of ether oxygens (including phenoxy) is 2. The lowest BCUT2D eigenvalue weighted by Gasteiger charge is -2.27. The van der Waals surface area contributed by atoms with Crippen molar-refractivity contribution in [3.05, 3.63) is 71.5 Å². The second-order valence-corrected chi connectivity index (χ2v) is 9.01. The normalized spacial score (nSPS) is 22.0. The fourth-order valence-electron chi connectivity index (χ4n) is 3.95. The monoisotopic (exact) mass is 427 g/mol. The molecule has 0 saturated carbocycles. The van der Waals surface area contributed by atoms with E-state index in [1.807, 2.05) is 30.3 Å². The van der Waals surface area contributed by atoms with Crippen molar-refractivity contribution >= 4 is 12.4 Å². The van der Waals surface area contributed by atoms with Gasteiger partial charge in [0, 0.05) is 0 Å². The molecule has 3 rings (SSSR count). The molecule has 0 aromatic heterocycles. The highest BCUT2D eigenvalue weighted by atomic mass is 19.1. The number of nitrogens with one attached hydrogen (secondary N) is 1. The SMILES string of the molecule is CC(C)(C)OC(=O)N[C@@H](Cc1ccccc1)C1CC(Cc2ccccc2F)C(C=O)O1. The molecule has 1 heterocycles. The summed E-state index contributed by atoms with van der Waals surface area (Å²) >= 11 is 0. The fourth-order valence-corrected chi connectivity index (χ4v) is 3.95. The van der Waals surface area contributed by atoms with Crippen LogP contribution in [0.3, 0.4) is 0 Å². The van der Waals surface area contributed by atoms with Crippen LogP contribution in [0.5, 0.6) is 0 Å². The Balaban J connectivity index is 1.76. The molecule has 2 aromatic carbocycles. The van der Waals surface area contributed by atoms with Crippen molar-refractivity contribution in [2.45, 2.75) is 63.9 Å². The van der Waals surface area contributed by atoms with E-state index in [4.69, 9.17) is 9.47 Å². The number of aldehydes is 1. The third-order valence-electron chi connectivity index (χ3n) is 5.36. The van der Waals surface area contributed by atoms with Crippen molar-refractivity contribution in [1.82, 2.24) is 5.32 Å². The van der Waals surface area contributed by atoms with Crippen LogP contribution >= 0.6 is 0 Å². The Kier molecular flexibility index (Phi) is 7.44. The van der Waals surface area contributed by atoms with Crippen LogP contribution in [0.25, 0.3) is 0 Å². The summed E-state index contributed by atoms with van der Waals surface area (Å²) in [7, 11) is 0. The summed E-state index contributed by atoms with van der Waals surface area (Å²) in [5.74, 6) is -0.457. The third-order valence-corrected chi connectivity index (χ3v) is 5.36. The van der Waals surface area contributed by atoms with Crippen LogP contribution in [0, 0.1) is 11.7 Å². The van der Waals surface area contributed by atoms with Crippen LogP contribution in [0.2, 0.25) is 0 Å². The molecule has 1 aliphatic rings. The number of carbonyl (C=O) groups is 2. The molecule has 1 saturated heterocycles. The molecular weight excluding hydrogens is 397 g/mol. The van der Waals surface area contributed by atoms with Gasteiger partial charge in [0.2, 0.25) is 0 Å². The second kappa shape index (κ2) is 10.1. The van der Waals surface area contributed by atoms with Crippen molar-refractivity contribution in [2.75, 3.05) is 0 Å².